The van der Waals surface area contributed by atoms with Crippen LogP contribution in [0.1, 0.15) is 31.4 Å². The van der Waals surface area contributed by atoms with Crippen molar-refractivity contribution in [3.05, 3.63) is 35.9 Å². The van der Waals surface area contributed by atoms with Gasteiger partial charge in [0.25, 0.3) is 0 Å². The molecule has 118 valence electrons. The average Bonchev–Trinajstić information content (AvgIpc) is 2.63. The van der Waals surface area contributed by atoms with E-state index in [0.717, 1.165) is 52.2 Å². The van der Waals surface area contributed by atoms with E-state index >= 15 is 0 Å². The second-order valence-corrected chi connectivity index (χ2v) is 6.37. The van der Waals surface area contributed by atoms with E-state index in [1.54, 1.807) is 0 Å². The van der Waals surface area contributed by atoms with Crippen molar-refractivity contribution in [2.45, 2.75) is 31.3 Å². The maximum atomic E-state index is 9.78. The van der Waals surface area contributed by atoms with Crippen molar-refractivity contribution in [2.75, 3.05) is 39.4 Å². The third-order valence-corrected chi connectivity index (χ3v) is 5.28. The van der Waals surface area contributed by atoms with Gasteiger partial charge >= 0.3 is 0 Å². The van der Waals surface area contributed by atoms with Gasteiger partial charge in [0.15, 0.2) is 0 Å². The second kappa shape index (κ2) is 6.78. The van der Waals surface area contributed by atoms with E-state index in [0.29, 0.717) is 6.04 Å². The molecule has 1 aromatic carbocycles. The first-order valence-corrected chi connectivity index (χ1v) is 8.28. The van der Waals surface area contributed by atoms with Crippen molar-refractivity contribution >= 4 is 0 Å². The average molecular weight is 299 g/mol. The van der Waals surface area contributed by atoms with E-state index in [2.05, 4.69) is 53.1 Å². The Morgan fingerprint density at radius 1 is 1.09 bits per heavy atom. The van der Waals surface area contributed by atoms with E-state index < -0.39 is 0 Å². The number of nitrogens with zero attached hydrogens (tertiary/aromatic N) is 3. The highest BCUT2D eigenvalue weighted by molar-refractivity contribution is 5.19. The molecule has 0 N–H and O–H groups in total. The number of ether oxygens (including phenoxy) is 1. The third kappa shape index (κ3) is 3.03. The monoisotopic (exact) mass is 299 g/mol. The van der Waals surface area contributed by atoms with Gasteiger partial charge in [-0.05, 0) is 25.3 Å². The summed E-state index contributed by atoms with van der Waals surface area (Å²) in [6, 6.07) is 13.7. The molecule has 4 nitrogen and oxygen atoms in total. The maximum Gasteiger partial charge on any atom is 0.111 e. The van der Waals surface area contributed by atoms with Gasteiger partial charge < -0.3 is 4.74 Å². The molecule has 1 aromatic rings. The Balaban J connectivity index is 1.65. The van der Waals surface area contributed by atoms with Gasteiger partial charge in [-0.2, -0.15) is 5.26 Å². The van der Waals surface area contributed by atoms with Crippen molar-refractivity contribution in [3.63, 3.8) is 0 Å². The third-order valence-electron chi connectivity index (χ3n) is 5.28. The largest absolute Gasteiger partial charge is 0.379 e. The molecule has 2 saturated heterocycles. The van der Waals surface area contributed by atoms with Crippen LogP contribution in [0.2, 0.25) is 0 Å². The molecule has 0 radical (unpaired) electrons. The highest BCUT2D eigenvalue weighted by Crippen LogP contribution is 2.33. The first-order chi connectivity index (χ1) is 10.7. The number of benzene rings is 1. The smallest absolute Gasteiger partial charge is 0.111 e. The van der Waals surface area contributed by atoms with Gasteiger partial charge in [-0.15, -0.1) is 0 Å². The lowest BCUT2D eigenvalue weighted by Crippen LogP contribution is -2.57. The second-order valence-electron chi connectivity index (χ2n) is 6.37. The van der Waals surface area contributed by atoms with Crippen LogP contribution in [-0.2, 0) is 4.74 Å². The zero-order valence-corrected chi connectivity index (χ0v) is 13.4. The summed E-state index contributed by atoms with van der Waals surface area (Å²) >= 11 is 0. The molecule has 2 aliphatic heterocycles. The van der Waals surface area contributed by atoms with Crippen molar-refractivity contribution in [1.29, 1.82) is 5.26 Å². The lowest BCUT2D eigenvalue weighted by Gasteiger charge is -2.47. The van der Waals surface area contributed by atoms with E-state index in [1.165, 1.54) is 5.56 Å². The summed E-state index contributed by atoms with van der Waals surface area (Å²) in [5.41, 5.74) is 1.08. The van der Waals surface area contributed by atoms with Gasteiger partial charge in [0, 0.05) is 32.2 Å². The lowest BCUT2D eigenvalue weighted by atomic mass is 9.85. The number of piperidine rings is 1. The topological polar surface area (TPSA) is 39.5 Å². The quantitative estimate of drug-likeness (QED) is 0.859. The number of rotatable bonds is 3. The van der Waals surface area contributed by atoms with Crippen molar-refractivity contribution < 1.29 is 4.74 Å². The zero-order valence-electron chi connectivity index (χ0n) is 13.4. The normalized spacial score (nSPS) is 24.5. The van der Waals surface area contributed by atoms with Crippen LogP contribution < -0.4 is 0 Å². The first-order valence-electron chi connectivity index (χ1n) is 8.28. The molecule has 2 aliphatic rings. The van der Waals surface area contributed by atoms with Crippen LogP contribution in [-0.4, -0.2) is 54.7 Å². The Morgan fingerprint density at radius 2 is 1.73 bits per heavy atom. The molecule has 0 spiro atoms. The fourth-order valence-electron chi connectivity index (χ4n) is 3.71. The van der Waals surface area contributed by atoms with E-state index in [9.17, 15) is 5.26 Å². The van der Waals surface area contributed by atoms with Gasteiger partial charge in [-0.25, -0.2) is 0 Å². The zero-order chi connectivity index (χ0) is 15.4. The molecule has 2 fully saturated rings. The molecule has 1 atom stereocenters. The standard InChI is InChI=1S/C18H25N3O/c1-16(17-5-3-2-4-6-17)20-9-7-18(15-19,8-10-20)21-11-13-22-14-12-21/h2-6,16H,7-14H2,1H3. The number of hydrogen-bond donors (Lipinski definition) is 0. The predicted molar refractivity (Wildman–Crippen MR) is 86.4 cm³/mol. The van der Waals surface area contributed by atoms with Crippen molar-refractivity contribution in [1.82, 2.24) is 9.80 Å². The summed E-state index contributed by atoms with van der Waals surface area (Å²) < 4.78 is 5.44. The Labute approximate surface area is 133 Å². The fourth-order valence-corrected chi connectivity index (χ4v) is 3.71. The van der Waals surface area contributed by atoms with Gasteiger partial charge in [-0.3, -0.25) is 9.80 Å². The summed E-state index contributed by atoms with van der Waals surface area (Å²) in [4.78, 5) is 4.85. The lowest BCUT2D eigenvalue weighted by molar-refractivity contribution is -0.0282. The van der Waals surface area contributed by atoms with Crippen LogP contribution in [0.15, 0.2) is 30.3 Å². The molecular formula is C18H25N3O. The number of morpholine rings is 1. The minimum absolute atomic E-state index is 0.281. The summed E-state index contributed by atoms with van der Waals surface area (Å²) in [7, 11) is 0. The van der Waals surface area contributed by atoms with Crippen molar-refractivity contribution in [2.24, 2.45) is 0 Å². The summed E-state index contributed by atoms with van der Waals surface area (Å²) in [5.74, 6) is 0. The van der Waals surface area contributed by atoms with Crippen molar-refractivity contribution in [3.8, 4) is 6.07 Å². The molecular weight excluding hydrogens is 274 g/mol. The van der Waals surface area contributed by atoms with Gasteiger partial charge in [0.05, 0.1) is 19.3 Å². The SMILES string of the molecule is CC(c1ccccc1)N1CCC(C#N)(N2CCOCC2)CC1. The molecule has 0 amide bonds. The van der Waals surface area contributed by atoms with Gasteiger partial charge in [-0.1, -0.05) is 30.3 Å². The van der Waals surface area contributed by atoms with Crippen LogP contribution in [0.25, 0.3) is 0 Å². The van der Waals surface area contributed by atoms with Crippen LogP contribution in [0, 0.1) is 11.3 Å². The maximum absolute atomic E-state index is 9.78. The van der Waals surface area contributed by atoms with Gasteiger partial charge in [0.1, 0.15) is 5.54 Å². The molecule has 0 bridgehead atoms. The van der Waals surface area contributed by atoms with Crippen LogP contribution in [0.3, 0.4) is 0 Å². The van der Waals surface area contributed by atoms with E-state index in [4.69, 9.17) is 4.74 Å². The van der Waals surface area contributed by atoms with Gasteiger partial charge in [0.2, 0.25) is 0 Å². The highest BCUT2D eigenvalue weighted by atomic mass is 16.5. The molecule has 22 heavy (non-hydrogen) atoms. The molecule has 3 rings (SSSR count). The number of hydrogen-bond acceptors (Lipinski definition) is 4. The molecule has 0 aromatic heterocycles. The van der Waals surface area contributed by atoms with Crippen LogP contribution in [0.4, 0.5) is 0 Å². The molecule has 1 unspecified atom stereocenters. The Hall–Kier alpha value is -1.41. The Morgan fingerprint density at radius 3 is 2.32 bits per heavy atom. The van der Waals surface area contributed by atoms with E-state index in [-0.39, 0.29) is 5.54 Å². The van der Waals surface area contributed by atoms with Crippen LogP contribution >= 0.6 is 0 Å². The minimum atomic E-state index is -0.281. The highest BCUT2D eigenvalue weighted by Gasteiger charge is 2.41. The summed E-state index contributed by atoms with van der Waals surface area (Å²) in [5, 5.41) is 9.78. The molecule has 4 heteroatoms. The predicted octanol–water partition coefficient (Wildman–Crippen LogP) is 2.44. The minimum Gasteiger partial charge on any atom is -0.379 e. The Kier molecular flexibility index (Phi) is 4.77. The summed E-state index contributed by atoms with van der Waals surface area (Å²) in [6.07, 6.45) is 1.86. The number of likely N-dealkylation sites (tertiary alicyclic amines) is 1. The summed E-state index contributed by atoms with van der Waals surface area (Å²) in [6.45, 7) is 7.54. The first kappa shape index (κ1) is 15.5. The number of nitriles is 1. The fraction of sp³-hybridized carbons (Fsp3) is 0.611. The molecule has 0 saturated carbocycles. The van der Waals surface area contributed by atoms with E-state index in [1.807, 2.05) is 0 Å². The van der Waals surface area contributed by atoms with Crippen LogP contribution in [0.5, 0.6) is 0 Å². The Bertz CT molecular complexity index is 511. The molecule has 0 aliphatic carbocycles. The molecule has 2 heterocycles.